The van der Waals surface area contributed by atoms with Crippen molar-refractivity contribution in [3.05, 3.63) is 24.3 Å². The Labute approximate surface area is 112 Å². The predicted molar refractivity (Wildman–Crippen MR) is 74.0 cm³/mol. The first-order chi connectivity index (χ1) is 8.95. The lowest BCUT2D eigenvalue weighted by Gasteiger charge is -2.17. The summed E-state index contributed by atoms with van der Waals surface area (Å²) >= 11 is 0. The minimum Gasteiger partial charge on any atom is -0.383 e. The topological polar surface area (TPSA) is 84.7 Å². The maximum atomic E-state index is 11.7. The first-order valence-electron chi connectivity index (χ1n) is 5.85. The van der Waals surface area contributed by atoms with E-state index >= 15 is 0 Å². The Kier molecular flexibility index (Phi) is 5.47. The van der Waals surface area contributed by atoms with Crippen LogP contribution in [0, 0.1) is 0 Å². The number of carbonyl (C=O) groups is 2. The summed E-state index contributed by atoms with van der Waals surface area (Å²) in [4.78, 5) is 24.5. The standard InChI is InChI=1S/C13H19N3O3/c1-9(17)16(2)11-6-4-5-10(7-11)15-13(18)12(14)8-19-3/h4-7,12H,8,14H2,1-3H3,(H,15,18). The van der Waals surface area contributed by atoms with Gasteiger partial charge in [-0.15, -0.1) is 0 Å². The Balaban J connectivity index is 2.77. The third-order valence-electron chi connectivity index (χ3n) is 2.66. The van der Waals surface area contributed by atoms with E-state index in [2.05, 4.69) is 5.32 Å². The Morgan fingerprint density at radius 3 is 2.74 bits per heavy atom. The molecule has 0 heterocycles. The van der Waals surface area contributed by atoms with Crippen molar-refractivity contribution in [2.75, 3.05) is 31.0 Å². The van der Waals surface area contributed by atoms with E-state index in [1.54, 1.807) is 31.3 Å². The van der Waals surface area contributed by atoms with E-state index in [1.807, 2.05) is 0 Å². The fourth-order valence-electron chi connectivity index (χ4n) is 1.46. The van der Waals surface area contributed by atoms with Gasteiger partial charge in [-0.3, -0.25) is 9.59 Å². The van der Waals surface area contributed by atoms with E-state index in [0.29, 0.717) is 11.4 Å². The van der Waals surface area contributed by atoms with E-state index in [-0.39, 0.29) is 18.4 Å². The van der Waals surface area contributed by atoms with Crippen molar-refractivity contribution in [2.24, 2.45) is 5.73 Å². The Morgan fingerprint density at radius 1 is 1.47 bits per heavy atom. The van der Waals surface area contributed by atoms with Crippen LogP contribution in [0.2, 0.25) is 0 Å². The number of nitrogens with zero attached hydrogens (tertiary/aromatic N) is 1. The number of rotatable bonds is 5. The van der Waals surface area contributed by atoms with Gasteiger partial charge in [0.05, 0.1) is 6.61 Å². The molecule has 0 aliphatic heterocycles. The molecule has 1 aromatic rings. The molecule has 0 saturated heterocycles. The van der Waals surface area contributed by atoms with E-state index in [1.165, 1.54) is 18.9 Å². The zero-order chi connectivity index (χ0) is 14.4. The molecule has 0 bridgehead atoms. The molecule has 1 rings (SSSR count). The lowest BCUT2D eigenvalue weighted by molar-refractivity contribution is -0.118. The summed E-state index contributed by atoms with van der Waals surface area (Å²) < 4.78 is 4.82. The molecule has 3 N–H and O–H groups in total. The van der Waals surface area contributed by atoms with Crippen LogP contribution in [0.4, 0.5) is 11.4 Å². The van der Waals surface area contributed by atoms with Crippen molar-refractivity contribution in [1.29, 1.82) is 0 Å². The van der Waals surface area contributed by atoms with Crippen LogP contribution in [0.5, 0.6) is 0 Å². The fraction of sp³-hybridized carbons (Fsp3) is 0.385. The number of methoxy groups -OCH3 is 1. The lowest BCUT2D eigenvalue weighted by atomic mass is 10.2. The summed E-state index contributed by atoms with van der Waals surface area (Å²) in [5.41, 5.74) is 6.91. The van der Waals surface area contributed by atoms with Crippen molar-refractivity contribution in [3.8, 4) is 0 Å². The minimum absolute atomic E-state index is 0.0837. The van der Waals surface area contributed by atoms with Gasteiger partial charge in [-0.2, -0.15) is 0 Å². The smallest absolute Gasteiger partial charge is 0.243 e. The predicted octanol–water partition coefficient (Wildman–Crippen LogP) is 0.581. The number of nitrogens with two attached hydrogens (primary N) is 1. The number of carbonyl (C=O) groups excluding carboxylic acids is 2. The molecule has 0 aliphatic carbocycles. The second kappa shape index (κ2) is 6.86. The highest BCUT2D eigenvalue weighted by atomic mass is 16.5. The van der Waals surface area contributed by atoms with Crippen molar-refractivity contribution in [2.45, 2.75) is 13.0 Å². The van der Waals surface area contributed by atoms with E-state index in [9.17, 15) is 9.59 Å². The molecule has 0 fully saturated rings. The molecule has 1 aromatic carbocycles. The van der Waals surface area contributed by atoms with Gasteiger partial charge in [-0.25, -0.2) is 0 Å². The first kappa shape index (κ1) is 15.1. The highest BCUT2D eigenvalue weighted by Crippen LogP contribution is 2.18. The van der Waals surface area contributed by atoms with Gasteiger partial charge < -0.3 is 20.7 Å². The van der Waals surface area contributed by atoms with Crippen molar-refractivity contribution in [3.63, 3.8) is 0 Å². The number of anilines is 2. The highest BCUT2D eigenvalue weighted by molar-refractivity contribution is 5.96. The monoisotopic (exact) mass is 265 g/mol. The first-order valence-corrected chi connectivity index (χ1v) is 5.85. The van der Waals surface area contributed by atoms with Gasteiger partial charge >= 0.3 is 0 Å². The molecule has 0 radical (unpaired) electrons. The molecule has 1 unspecified atom stereocenters. The Morgan fingerprint density at radius 2 is 2.16 bits per heavy atom. The number of ether oxygens (including phenoxy) is 1. The molecule has 19 heavy (non-hydrogen) atoms. The number of amides is 2. The van der Waals surface area contributed by atoms with Gasteiger partial charge in [0.25, 0.3) is 0 Å². The highest BCUT2D eigenvalue weighted by Gasteiger charge is 2.13. The zero-order valence-corrected chi connectivity index (χ0v) is 11.3. The summed E-state index contributed by atoms with van der Waals surface area (Å²) in [6, 6.07) is 6.26. The van der Waals surface area contributed by atoms with Crippen LogP contribution in [0.1, 0.15) is 6.92 Å². The van der Waals surface area contributed by atoms with Crippen LogP contribution >= 0.6 is 0 Å². The third-order valence-corrected chi connectivity index (χ3v) is 2.66. The van der Waals surface area contributed by atoms with Gasteiger partial charge in [-0.05, 0) is 18.2 Å². The number of hydrogen-bond donors (Lipinski definition) is 2. The molecule has 104 valence electrons. The SMILES string of the molecule is COCC(N)C(=O)Nc1cccc(N(C)C(C)=O)c1. The van der Waals surface area contributed by atoms with Crippen LogP contribution in [-0.2, 0) is 14.3 Å². The summed E-state index contributed by atoms with van der Waals surface area (Å²) in [5, 5.41) is 2.68. The van der Waals surface area contributed by atoms with E-state index < -0.39 is 6.04 Å². The second-order valence-corrected chi connectivity index (χ2v) is 4.18. The van der Waals surface area contributed by atoms with E-state index in [4.69, 9.17) is 10.5 Å². The van der Waals surface area contributed by atoms with Crippen LogP contribution in [-0.4, -0.2) is 38.6 Å². The van der Waals surface area contributed by atoms with Crippen LogP contribution < -0.4 is 16.0 Å². The Hall–Kier alpha value is -1.92. The summed E-state index contributed by atoms with van der Waals surface area (Å²) in [5.74, 6) is -0.413. The minimum atomic E-state index is -0.723. The maximum absolute atomic E-state index is 11.7. The molecule has 2 amide bonds. The number of nitrogens with one attached hydrogen (secondary N) is 1. The number of hydrogen-bond acceptors (Lipinski definition) is 4. The molecule has 6 heteroatoms. The van der Waals surface area contributed by atoms with Gasteiger partial charge in [0.2, 0.25) is 11.8 Å². The maximum Gasteiger partial charge on any atom is 0.243 e. The number of benzene rings is 1. The summed E-state index contributed by atoms with van der Waals surface area (Å²) in [6.07, 6.45) is 0. The molecule has 0 aromatic heterocycles. The average Bonchev–Trinajstić information content (AvgIpc) is 2.38. The van der Waals surface area contributed by atoms with Crippen molar-refractivity contribution < 1.29 is 14.3 Å². The Bertz CT molecular complexity index is 462. The zero-order valence-electron chi connectivity index (χ0n) is 11.3. The van der Waals surface area contributed by atoms with E-state index in [0.717, 1.165) is 0 Å². The quantitative estimate of drug-likeness (QED) is 0.815. The van der Waals surface area contributed by atoms with Crippen LogP contribution in [0.15, 0.2) is 24.3 Å². The second-order valence-electron chi connectivity index (χ2n) is 4.18. The summed E-state index contributed by atoms with van der Waals surface area (Å²) in [6.45, 7) is 1.62. The fourth-order valence-corrected chi connectivity index (χ4v) is 1.46. The van der Waals surface area contributed by atoms with Gasteiger partial charge in [0.15, 0.2) is 0 Å². The van der Waals surface area contributed by atoms with Crippen LogP contribution in [0.3, 0.4) is 0 Å². The van der Waals surface area contributed by atoms with Crippen molar-refractivity contribution >= 4 is 23.2 Å². The molecule has 0 aliphatic rings. The van der Waals surface area contributed by atoms with Crippen LogP contribution in [0.25, 0.3) is 0 Å². The van der Waals surface area contributed by atoms with Gasteiger partial charge in [0, 0.05) is 32.5 Å². The molecule has 0 spiro atoms. The van der Waals surface area contributed by atoms with Crippen molar-refractivity contribution in [1.82, 2.24) is 0 Å². The summed E-state index contributed by atoms with van der Waals surface area (Å²) in [7, 11) is 3.15. The molecule has 6 nitrogen and oxygen atoms in total. The normalized spacial score (nSPS) is 11.8. The third kappa shape index (κ3) is 4.35. The van der Waals surface area contributed by atoms with Gasteiger partial charge in [-0.1, -0.05) is 6.07 Å². The molecular weight excluding hydrogens is 246 g/mol. The van der Waals surface area contributed by atoms with Gasteiger partial charge in [0.1, 0.15) is 6.04 Å². The average molecular weight is 265 g/mol. The molecule has 0 saturated carbocycles. The largest absolute Gasteiger partial charge is 0.383 e. The lowest BCUT2D eigenvalue weighted by Crippen LogP contribution is -2.39. The molecular formula is C13H19N3O3. The molecule has 1 atom stereocenters.